The van der Waals surface area contributed by atoms with Gasteiger partial charge in [0.05, 0.1) is 4.90 Å². The lowest BCUT2D eigenvalue weighted by molar-refractivity contribution is 0.0650. The summed E-state index contributed by atoms with van der Waals surface area (Å²) in [6, 6.07) is 22.2. The van der Waals surface area contributed by atoms with Crippen molar-refractivity contribution in [3.63, 3.8) is 0 Å². The second-order valence-electron chi connectivity index (χ2n) is 8.86. The number of hydrogen-bond acceptors (Lipinski definition) is 4. The zero-order chi connectivity index (χ0) is 24.8. The lowest BCUT2D eigenvalue weighted by Crippen LogP contribution is -2.48. The maximum absolute atomic E-state index is 13.2. The first-order valence-electron chi connectivity index (χ1n) is 11.8. The van der Waals surface area contributed by atoms with E-state index in [1.165, 1.54) is 11.6 Å². The van der Waals surface area contributed by atoms with Gasteiger partial charge in [0.2, 0.25) is 0 Å². The van der Waals surface area contributed by atoms with Gasteiger partial charge in [-0.2, -0.15) is 0 Å². The van der Waals surface area contributed by atoms with Crippen LogP contribution in [0.1, 0.15) is 27.0 Å². The third kappa shape index (κ3) is 6.38. The third-order valence-corrected chi connectivity index (χ3v) is 7.68. The number of benzene rings is 3. The van der Waals surface area contributed by atoms with Gasteiger partial charge >= 0.3 is 0 Å². The van der Waals surface area contributed by atoms with Crippen molar-refractivity contribution in [3.8, 4) is 0 Å². The summed E-state index contributed by atoms with van der Waals surface area (Å²) < 4.78 is 28.7. The van der Waals surface area contributed by atoms with Crippen LogP contribution in [0.2, 0.25) is 0 Å². The van der Waals surface area contributed by atoms with Crippen LogP contribution < -0.4 is 4.72 Å². The Bertz CT molecular complexity index is 1300. The monoisotopic (exact) mass is 489 g/mol. The number of anilines is 1. The van der Waals surface area contributed by atoms with Gasteiger partial charge in [-0.15, -0.1) is 0 Å². The molecule has 6 nitrogen and oxygen atoms in total. The maximum atomic E-state index is 13.2. The number of amides is 1. The number of rotatable bonds is 7. The fourth-order valence-electron chi connectivity index (χ4n) is 4.07. The number of nitrogens with zero attached hydrogens (tertiary/aromatic N) is 2. The van der Waals surface area contributed by atoms with Gasteiger partial charge in [0.1, 0.15) is 0 Å². The molecule has 182 valence electrons. The summed E-state index contributed by atoms with van der Waals surface area (Å²) in [6.07, 6.45) is 4.25. The molecule has 1 aliphatic rings. The number of hydrogen-bond donors (Lipinski definition) is 1. The van der Waals surface area contributed by atoms with Crippen molar-refractivity contribution in [1.29, 1.82) is 0 Å². The summed E-state index contributed by atoms with van der Waals surface area (Å²) in [5.41, 5.74) is 3.69. The molecule has 1 fully saturated rings. The fourth-order valence-corrected chi connectivity index (χ4v) is 5.40. The summed E-state index contributed by atoms with van der Waals surface area (Å²) in [5, 5.41) is 0. The second-order valence-corrected chi connectivity index (χ2v) is 10.5. The summed E-state index contributed by atoms with van der Waals surface area (Å²) in [5.74, 6) is -0.142. The number of carbonyl (C=O) groups excluding carboxylic acids is 1. The van der Waals surface area contributed by atoms with Gasteiger partial charge in [-0.3, -0.25) is 14.4 Å². The highest BCUT2D eigenvalue weighted by atomic mass is 32.2. The number of aryl methyl sites for hydroxylation is 2. The molecular formula is C28H31N3O3S. The van der Waals surface area contributed by atoms with Crippen LogP contribution in [0.15, 0.2) is 83.8 Å². The number of sulfonamides is 1. The van der Waals surface area contributed by atoms with E-state index in [9.17, 15) is 13.2 Å². The van der Waals surface area contributed by atoms with Gasteiger partial charge in [-0.05, 0) is 49.2 Å². The predicted octanol–water partition coefficient (Wildman–Crippen LogP) is 4.58. The summed E-state index contributed by atoms with van der Waals surface area (Å²) in [7, 11) is -3.82. The Labute approximate surface area is 207 Å². The molecule has 4 rings (SSSR count). The first-order valence-corrected chi connectivity index (χ1v) is 13.2. The summed E-state index contributed by atoms with van der Waals surface area (Å²) in [4.78, 5) is 17.4. The molecule has 0 radical (unpaired) electrons. The average Bonchev–Trinajstić information content (AvgIpc) is 2.86. The molecule has 0 bridgehead atoms. The Hall–Kier alpha value is -3.42. The van der Waals surface area contributed by atoms with Crippen molar-refractivity contribution in [2.75, 3.05) is 37.4 Å². The minimum absolute atomic E-state index is 0.119. The Kier molecular flexibility index (Phi) is 7.68. The number of piperazine rings is 1. The molecule has 3 aromatic rings. The Morgan fingerprint density at radius 2 is 1.60 bits per heavy atom. The quantitative estimate of drug-likeness (QED) is 0.528. The molecule has 35 heavy (non-hydrogen) atoms. The molecule has 0 saturated carbocycles. The van der Waals surface area contributed by atoms with Crippen molar-refractivity contribution in [3.05, 3.63) is 101 Å². The van der Waals surface area contributed by atoms with E-state index in [-0.39, 0.29) is 10.8 Å². The number of nitrogens with one attached hydrogen (secondary N) is 1. The lowest BCUT2D eigenvalue weighted by atomic mass is 10.1. The first kappa shape index (κ1) is 24.7. The van der Waals surface area contributed by atoms with E-state index in [0.717, 1.165) is 25.2 Å². The largest absolute Gasteiger partial charge is 0.336 e. The van der Waals surface area contributed by atoms with Gasteiger partial charge < -0.3 is 4.90 Å². The van der Waals surface area contributed by atoms with Crippen LogP contribution in [-0.2, 0) is 10.0 Å². The van der Waals surface area contributed by atoms with Crippen LogP contribution >= 0.6 is 0 Å². The van der Waals surface area contributed by atoms with Crippen molar-refractivity contribution in [2.45, 2.75) is 18.7 Å². The van der Waals surface area contributed by atoms with E-state index < -0.39 is 10.0 Å². The molecule has 7 heteroatoms. The molecular weight excluding hydrogens is 458 g/mol. The smallest absolute Gasteiger partial charge is 0.262 e. The molecule has 0 unspecified atom stereocenters. The Morgan fingerprint density at radius 3 is 2.29 bits per heavy atom. The SMILES string of the molecule is Cc1ccc(NS(=O)(=O)c2cc(C(=O)N3CCN(C/C=C/c4ccccc4)CC3)ccc2C)cc1. The topological polar surface area (TPSA) is 69.7 Å². The zero-order valence-electron chi connectivity index (χ0n) is 20.1. The van der Waals surface area contributed by atoms with E-state index in [1.807, 2.05) is 37.3 Å². The van der Waals surface area contributed by atoms with Crippen molar-refractivity contribution < 1.29 is 13.2 Å². The highest BCUT2D eigenvalue weighted by Gasteiger charge is 2.24. The van der Waals surface area contributed by atoms with E-state index in [4.69, 9.17) is 0 Å². The van der Waals surface area contributed by atoms with Crippen LogP contribution in [0.25, 0.3) is 6.08 Å². The molecule has 1 saturated heterocycles. The Balaban J connectivity index is 1.39. The predicted molar refractivity (Wildman–Crippen MR) is 141 cm³/mol. The summed E-state index contributed by atoms with van der Waals surface area (Å²) in [6.45, 7) is 7.27. The van der Waals surface area contributed by atoms with Crippen LogP contribution in [0.4, 0.5) is 5.69 Å². The first-order chi connectivity index (χ1) is 16.8. The van der Waals surface area contributed by atoms with Gasteiger partial charge in [0, 0.05) is 44.0 Å². The summed E-state index contributed by atoms with van der Waals surface area (Å²) >= 11 is 0. The van der Waals surface area contributed by atoms with E-state index >= 15 is 0 Å². The minimum atomic E-state index is -3.82. The van der Waals surface area contributed by atoms with Gasteiger partial charge in [-0.1, -0.05) is 66.2 Å². The third-order valence-electron chi connectivity index (χ3n) is 6.16. The Morgan fingerprint density at radius 1 is 0.914 bits per heavy atom. The van der Waals surface area contributed by atoms with Crippen molar-refractivity contribution in [2.24, 2.45) is 0 Å². The number of carbonyl (C=O) groups is 1. The molecule has 0 aliphatic carbocycles. The fraction of sp³-hybridized carbons (Fsp3) is 0.250. The molecule has 0 atom stereocenters. The van der Waals surface area contributed by atoms with Crippen LogP contribution in [0.3, 0.4) is 0 Å². The highest BCUT2D eigenvalue weighted by molar-refractivity contribution is 7.92. The van der Waals surface area contributed by atoms with Crippen molar-refractivity contribution in [1.82, 2.24) is 9.80 Å². The van der Waals surface area contributed by atoms with Gasteiger partial charge in [-0.25, -0.2) is 8.42 Å². The van der Waals surface area contributed by atoms with E-state index in [0.29, 0.717) is 29.9 Å². The van der Waals surface area contributed by atoms with E-state index in [1.54, 1.807) is 36.1 Å². The van der Waals surface area contributed by atoms with Gasteiger partial charge in [0.15, 0.2) is 0 Å². The molecule has 1 N–H and O–H groups in total. The molecule has 1 heterocycles. The van der Waals surface area contributed by atoms with Crippen LogP contribution in [-0.4, -0.2) is 56.8 Å². The van der Waals surface area contributed by atoms with Crippen LogP contribution in [0, 0.1) is 13.8 Å². The normalized spacial score (nSPS) is 14.9. The zero-order valence-corrected chi connectivity index (χ0v) is 21.0. The van der Waals surface area contributed by atoms with E-state index in [2.05, 4.69) is 33.9 Å². The standard InChI is InChI=1S/C28H31N3O3S/c1-22-10-14-26(15-11-22)29-35(33,34)27-21-25(13-12-23(27)2)28(32)31-19-17-30(18-20-31)16-6-9-24-7-4-3-5-8-24/h3-15,21,29H,16-20H2,1-2H3/b9-6+. The van der Waals surface area contributed by atoms with Crippen molar-refractivity contribution >= 4 is 27.7 Å². The maximum Gasteiger partial charge on any atom is 0.262 e. The highest BCUT2D eigenvalue weighted by Crippen LogP contribution is 2.22. The lowest BCUT2D eigenvalue weighted by Gasteiger charge is -2.34. The minimum Gasteiger partial charge on any atom is -0.336 e. The second kappa shape index (κ2) is 10.9. The van der Waals surface area contributed by atoms with Gasteiger partial charge in [0.25, 0.3) is 15.9 Å². The average molecular weight is 490 g/mol. The van der Waals surface area contributed by atoms with Crippen LogP contribution in [0.5, 0.6) is 0 Å². The molecule has 1 amide bonds. The molecule has 0 spiro atoms. The molecule has 1 aliphatic heterocycles. The molecule has 0 aromatic heterocycles. The molecule has 3 aromatic carbocycles.